The molecule has 1 amide bonds. The summed E-state index contributed by atoms with van der Waals surface area (Å²) < 4.78 is 15.5. The lowest BCUT2D eigenvalue weighted by Gasteiger charge is -2.28. The molecule has 4 aromatic heterocycles. The summed E-state index contributed by atoms with van der Waals surface area (Å²) in [5.74, 6) is 2.23. The number of hydrogen-bond donors (Lipinski definition) is 2. The van der Waals surface area contributed by atoms with Gasteiger partial charge in [-0.1, -0.05) is 32.4 Å². The highest BCUT2D eigenvalue weighted by Gasteiger charge is 2.27. The zero-order valence-electron chi connectivity index (χ0n) is 22.1. The summed E-state index contributed by atoms with van der Waals surface area (Å²) in [5.41, 5.74) is 2.15. The molecular formula is C26H31ClN8O3. The summed E-state index contributed by atoms with van der Waals surface area (Å²) in [6.45, 7) is 9.45. The van der Waals surface area contributed by atoms with Gasteiger partial charge < -0.3 is 24.7 Å². The molecule has 1 fully saturated rings. The fraction of sp³-hybridized carbons (Fsp3) is 0.423. The van der Waals surface area contributed by atoms with Crippen molar-refractivity contribution in [1.29, 1.82) is 0 Å². The van der Waals surface area contributed by atoms with E-state index in [9.17, 15) is 4.79 Å². The summed E-state index contributed by atoms with van der Waals surface area (Å²) in [6, 6.07) is 5.65. The second-order valence-electron chi connectivity index (χ2n) is 10.3. The number of nitrogens with zero attached hydrogens (tertiary/aromatic N) is 6. The first kappa shape index (κ1) is 25.9. The molecule has 0 bridgehead atoms. The zero-order valence-corrected chi connectivity index (χ0v) is 22.8. The van der Waals surface area contributed by atoms with Crippen LogP contribution in [0.3, 0.4) is 0 Å². The lowest BCUT2D eigenvalue weighted by Crippen LogP contribution is -2.26. The van der Waals surface area contributed by atoms with Crippen molar-refractivity contribution >= 4 is 46.3 Å². The predicted octanol–water partition coefficient (Wildman–Crippen LogP) is 5.36. The van der Waals surface area contributed by atoms with Crippen LogP contribution >= 0.6 is 11.6 Å². The number of fused-ring (bicyclic) bond motifs is 1. The topological polar surface area (TPSA) is 121 Å². The second-order valence-corrected chi connectivity index (χ2v) is 10.7. The van der Waals surface area contributed by atoms with Gasteiger partial charge in [0.25, 0.3) is 0 Å². The van der Waals surface area contributed by atoms with Crippen molar-refractivity contribution in [3.8, 4) is 11.5 Å². The third-order valence-corrected chi connectivity index (χ3v) is 6.71. The molecule has 0 atom stereocenters. The molecule has 0 spiro atoms. The largest absolute Gasteiger partial charge is 0.454 e. The Kier molecular flexibility index (Phi) is 6.97. The number of carbonyl (C=O) groups excluding carboxylic acids is 1. The molecule has 0 saturated carbocycles. The van der Waals surface area contributed by atoms with E-state index in [0.717, 1.165) is 31.7 Å². The fourth-order valence-electron chi connectivity index (χ4n) is 4.48. The molecular weight excluding hydrogens is 508 g/mol. The van der Waals surface area contributed by atoms with E-state index in [4.69, 9.17) is 26.2 Å². The number of anilines is 3. The van der Waals surface area contributed by atoms with Gasteiger partial charge in [0.2, 0.25) is 11.9 Å². The molecule has 2 N–H and O–H groups in total. The van der Waals surface area contributed by atoms with Gasteiger partial charge in [0.1, 0.15) is 22.1 Å². The molecule has 4 aromatic rings. The minimum Gasteiger partial charge on any atom is -0.454 e. The third kappa shape index (κ3) is 5.30. The molecule has 0 radical (unpaired) electrons. The number of aryl methyl sites for hydroxylation is 1. The number of amides is 1. The van der Waals surface area contributed by atoms with Gasteiger partial charge in [0.05, 0.1) is 12.2 Å². The maximum absolute atomic E-state index is 11.4. The first-order valence-corrected chi connectivity index (χ1v) is 12.8. The average molecular weight is 539 g/mol. The first-order valence-electron chi connectivity index (χ1n) is 12.5. The molecule has 5 heterocycles. The molecule has 1 aliphatic heterocycles. The van der Waals surface area contributed by atoms with Gasteiger partial charge in [-0.25, -0.2) is 9.97 Å². The van der Waals surface area contributed by atoms with E-state index in [0.29, 0.717) is 51.3 Å². The van der Waals surface area contributed by atoms with Gasteiger partial charge in [-0.15, -0.1) is 0 Å². The zero-order chi connectivity index (χ0) is 27.0. The number of rotatable bonds is 6. The smallest absolute Gasteiger partial charge is 0.222 e. The maximum Gasteiger partial charge on any atom is 0.222 e. The number of ether oxygens (including phenoxy) is 2. The SMILES string of the molecule is CC(=O)Nc1cc(Oc2cnc3nc(Nc4cc(C(C)(C)C)n(C5CCOCC5)n4)n(C)c3c2Cl)ccn1. The van der Waals surface area contributed by atoms with Gasteiger partial charge in [-0.05, 0) is 18.9 Å². The summed E-state index contributed by atoms with van der Waals surface area (Å²) >= 11 is 6.76. The van der Waals surface area contributed by atoms with Crippen LogP contribution in [0.2, 0.25) is 5.02 Å². The summed E-state index contributed by atoms with van der Waals surface area (Å²) in [4.78, 5) is 24.6. The van der Waals surface area contributed by atoms with Crippen LogP contribution in [0, 0.1) is 0 Å². The van der Waals surface area contributed by atoms with Crippen molar-refractivity contribution in [3.63, 3.8) is 0 Å². The number of hydrogen-bond acceptors (Lipinski definition) is 8. The van der Waals surface area contributed by atoms with Crippen LogP contribution in [0.4, 0.5) is 17.6 Å². The molecule has 12 heteroatoms. The van der Waals surface area contributed by atoms with E-state index in [1.165, 1.54) is 19.3 Å². The molecule has 1 saturated heterocycles. The lowest BCUT2D eigenvalue weighted by atomic mass is 9.91. The Morgan fingerprint density at radius 2 is 1.95 bits per heavy atom. The predicted molar refractivity (Wildman–Crippen MR) is 145 cm³/mol. The van der Waals surface area contributed by atoms with Crippen LogP contribution in [0.25, 0.3) is 11.2 Å². The highest BCUT2D eigenvalue weighted by Crippen LogP contribution is 2.37. The number of nitrogens with one attached hydrogen (secondary N) is 2. The van der Waals surface area contributed by atoms with Gasteiger partial charge in [-0.3, -0.25) is 9.48 Å². The number of halogens is 1. The van der Waals surface area contributed by atoms with E-state index in [1.807, 2.05) is 11.6 Å². The van der Waals surface area contributed by atoms with Gasteiger partial charge in [0, 0.05) is 56.6 Å². The van der Waals surface area contributed by atoms with Crippen molar-refractivity contribution in [1.82, 2.24) is 29.3 Å². The van der Waals surface area contributed by atoms with Crippen molar-refractivity contribution < 1.29 is 14.3 Å². The van der Waals surface area contributed by atoms with Crippen molar-refractivity contribution in [3.05, 3.63) is 41.3 Å². The standard InChI is InChI=1S/C26H31ClN8O3/c1-15(36)30-20-12-17(6-9-28-20)38-18-14-29-24-23(22(18)27)34(5)25(32-24)31-21-13-19(26(2,3)4)35(33-21)16-7-10-37-11-8-16/h6,9,12-14,16H,7-8,10-11H2,1-5H3,(H,28,30,36)(H,29,31,32,33). The number of pyridine rings is 2. The Balaban J connectivity index is 1.44. The Hall–Kier alpha value is -3.70. The summed E-state index contributed by atoms with van der Waals surface area (Å²) in [5, 5.41) is 11.3. The van der Waals surface area contributed by atoms with E-state index < -0.39 is 0 Å². The van der Waals surface area contributed by atoms with Crippen molar-refractivity contribution in [2.24, 2.45) is 7.05 Å². The average Bonchev–Trinajstić information content (AvgIpc) is 3.43. The molecule has 0 aliphatic carbocycles. The Morgan fingerprint density at radius 3 is 2.66 bits per heavy atom. The molecule has 200 valence electrons. The van der Waals surface area contributed by atoms with Crippen LogP contribution in [0.15, 0.2) is 30.6 Å². The molecule has 1 aliphatic rings. The van der Waals surface area contributed by atoms with E-state index >= 15 is 0 Å². The van der Waals surface area contributed by atoms with Crippen molar-refractivity contribution in [2.75, 3.05) is 23.8 Å². The number of imidazole rings is 1. The lowest BCUT2D eigenvalue weighted by molar-refractivity contribution is -0.114. The van der Waals surface area contributed by atoms with Gasteiger partial charge in [0.15, 0.2) is 17.2 Å². The normalized spacial score (nSPS) is 14.6. The third-order valence-electron chi connectivity index (χ3n) is 6.35. The molecule has 5 rings (SSSR count). The fourth-order valence-corrected chi connectivity index (χ4v) is 4.78. The highest BCUT2D eigenvalue weighted by molar-refractivity contribution is 6.36. The van der Waals surface area contributed by atoms with Crippen LogP contribution in [-0.4, -0.2) is 48.4 Å². The molecule has 0 unspecified atom stereocenters. The quantitative estimate of drug-likeness (QED) is 0.336. The van der Waals surface area contributed by atoms with Crippen molar-refractivity contribution in [2.45, 2.75) is 52.0 Å². The Morgan fingerprint density at radius 1 is 1.18 bits per heavy atom. The summed E-state index contributed by atoms with van der Waals surface area (Å²) in [7, 11) is 1.86. The van der Waals surface area contributed by atoms with Gasteiger partial charge >= 0.3 is 0 Å². The van der Waals surface area contributed by atoms with Crippen LogP contribution in [0.1, 0.15) is 52.3 Å². The van der Waals surface area contributed by atoms with E-state index in [-0.39, 0.29) is 11.3 Å². The minimum atomic E-state index is -0.224. The van der Waals surface area contributed by atoms with Crippen LogP contribution in [0.5, 0.6) is 11.5 Å². The van der Waals surface area contributed by atoms with Crippen LogP contribution in [-0.2, 0) is 22.0 Å². The molecule has 38 heavy (non-hydrogen) atoms. The Bertz CT molecular complexity index is 1480. The first-order chi connectivity index (χ1) is 18.1. The molecule has 11 nitrogen and oxygen atoms in total. The number of carbonyl (C=O) groups is 1. The Labute approximate surface area is 225 Å². The molecule has 0 aromatic carbocycles. The monoisotopic (exact) mass is 538 g/mol. The second kappa shape index (κ2) is 10.2. The minimum absolute atomic E-state index is 0.0819. The van der Waals surface area contributed by atoms with Gasteiger partial charge in [-0.2, -0.15) is 10.1 Å². The van der Waals surface area contributed by atoms with E-state index in [1.54, 1.807) is 12.1 Å². The van der Waals surface area contributed by atoms with E-state index in [2.05, 4.69) is 57.1 Å². The number of aromatic nitrogens is 6. The highest BCUT2D eigenvalue weighted by atomic mass is 35.5. The summed E-state index contributed by atoms with van der Waals surface area (Å²) in [6.07, 6.45) is 4.93. The van der Waals surface area contributed by atoms with Crippen LogP contribution < -0.4 is 15.4 Å². The maximum atomic E-state index is 11.4.